The van der Waals surface area contributed by atoms with Crippen molar-refractivity contribution >= 4 is 50.8 Å². The highest BCUT2D eigenvalue weighted by molar-refractivity contribution is 7.88. The number of esters is 1. The molecule has 7 nitrogen and oxygen atoms in total. The second kappa shape index (κ2) is 10.7. The molecule has 32 heavy (non-hydrogen) atoms. The molecule has 1 atom stereocenters. The van der Waals surface area contributed by atoms with Crippen LogP contribution in [0, 0.1) is 5.92 Å². The van der Waals surface area contributed by atoms with Gasteiger partial charge < -0.3 is 10.1 Å². The van der Waals surface area contributed by atoms with E-state index in [1.54, 1.807) is 43.3 Å². The van der Waals surface area contributed by atoms with Crippen molar-refractivity contribution in [3.63, 3.8) is 0 Å². The van der Waals surface area contributed by atoms with E-state index in [4.69, 9.17) is 27.9 Å². The highest BCUT2D eigenvalue weighted by Gasteiger charge is 2.33. The van der Waals surface area contributed by atoms with Gasteiger partial charge in [-0.1, -0.05) is 41.4 Å². The molecule has 1 fully saturated rings. The Morgan fingerprint density at radius 2 is 1.94 bits per heavy atom. The van der Waals surface area contributed by atoms with Crippen molar-refractivity contribution in [3.05, 3.63) is 63.6 Å². The number of anilines is 1. The van der Waals surface area contributed by atoms with Gasteiger partial charge in [-0.05, 0) is 49.6 Å². The van der Waals surface area contributed by atoms with E-state index in [1.807, 2.05) is 0 Å². The summed E-state index contributed by atoms with van der Waals surface area (Å²) in [6.45, 7) is 2.30. The minimum absolute atomic E-state index is 0.0565. The first-order chi connectivity index (χ1) is 15.2. The number of halogens is 2. The summed E-state index contributed by atoms with van der Waals surface area (Å²) in [5, 5.41) is 3.47. The molecule has 0 spiro atoms. The summed E-state index contributed by atoms with van der Waals surface area (Å²) in [6.07, 6.45) is 1.09. The van der Waals surface area contributed by atoms with E-state index < -0.39 is 21.9 Å². The van der Waals surface area contributed by atoms with Crippen molar-refractivity contribution in [2.45, 2.75) is 25.5 Å². The summed E-state index contributed by atoms with van der Waals surface area (Å²) in [5.74, 6) is -1.69. The summed E-state index contributed by atoms with van der Waals surface area (Å²) in [7, 11) is -3.69. The molecule has 1 amide bonds. The number of sulfonamides is 1. The fourth-order valence-corrected chi connectivity index (χ4v) is 5.75. The molecule has 2 aromatic carbocycles. The number of hydrogen-bond donors (Lipinski definition) is 1. The van der Waals surface area contributed by atoms with E-state index >= 15 is 0 Å². The SMILES string of the molecule is CCOC(=O)c1ccccc1NC(=O)C1CCCN(S(=O)(=O)Cc2ccc(Cl)cc2Cl)C1. The number of nitrogens with one attached hydrogen (secondary N) is 1. The third-order valence-electron chi connectivity index (χ3n) is 5.18. The topological polar surface area (TPSA) is 92.8 Å². The fraction of sp³-hybridized carbons (Fsp3) is 0.364. The number of carbonyl (C=O) groups excluding carboxylic acids is 2. The third-order valence-corrected chi connectivity index (χ3v) is 7.56. The lowest BCUT2D eigenvalue weighted by atomic mass is 9.98. The lowest BCUT2D eigenvalue weighted by Crippen LogP contribution is -2.44. The molecule has 1 N–H and O–H groups in total. The molecule has 1 aliphatic rings. The van der Waals surface area contributed by atoms with E-state index in [0.717, 1.165) is 0 Å². The quantitative estimate of drug-likeness (QED) is 0.572. The van der Waals surface area contributed by atoms with Crippen LogP contribution in [0.1, 0.15) is 35.7 Å². The molecule has 1 saturated heterocycles. The molecule has 2 aromatic rings. The van der Waals surface area contributed by atoms with Gasteiger partial charge in [0.1, 0.15) is 0 Å². The Kier molecular flexibility index (Phi) is 8.16. The van der Waals surface area contributed by atoms with Crippen LogP contribution >= 0.6 is 23.2 Å². The first kappa shape index (κ1) is 24.5. The molecular weight excluding hydrogens is 475 g/mol. The molecule has 10 heteroatoms. The third kappa shape index (κ3) is 6.01. The van der Waals surface area contributed by atoms with Crippen LogP contribution in [0.25, 0.3) is 0 Å². The first-order valence-corrected chi connectivity index (χ1v) is 12.6. The van der Waals surface area contributed by atoms with E-state index in [0.29, 0.717) is 35.7 Å². The summed E-state index contributed by atoms with van der Waals surface area (Å²) in [4.78, 5) is 25.1. The van der Waals surface area contributed by atoms with Gasteiger partial charge in [-0.3, -0.25) is 4.79 Å². The van der Waals surface area contributed by atoms with Crippen LogP contribution < -0.4 is 5.32 Å². The zero-order valence-electron chi connectivity index (χ0n) is 17.5. The predicted octanol–water partition coefficient (Wildman–Crippen LogP) is 4.35. The van der Waals surface area contributed by atoms with E-state index in [9.17, 15) is 18.0 Å². The molecule has 0 bridgehead atoms. The van der Waals surface area contributed by atoms with Crippen molar-refractivity contribution < 1.29 is 22.7 Å². The molecule has 1 heterocycles. The standard InChI is InChI=1S/C22H24Cl2N2O5S/c1-2-31-22(28)18-7-3-4-8-20(18)25-21(27)15-6-5-11-26(13-15)32(29,30)14-16-9-10-17(23)12-19(16)24/h3-4,7-10,12,15H,2,5-6,11,13-14H2,1H3,(H,25,27). The Morgan fingerprint density at radius 3 is 2.66 bits per heavy atom. The fourth-order valence-electron chi connectivity index (χ4n) is 3.55. The van der Waals surface area contributed by atoms with Gasteiger partial charge in [0, 0.05) is 23.1 Å². The summed E-state index contributed by atoms with van der Waals surface area (Å²) < 4.78 is 32.3. The van der Waals surface area contributed by atoms with E-state index in [2.05, 4.69) is 5.32 Å². The maximum atomic E-state index is 13.0. The van der Waals surface area contributed by atoms with Gasteiger partial charge >= 0.3 is 5.97 Å². The zero-order valence-corrected chi connectivity index (χ0v) is 19.8. The number of nitrogens with zero attached hydrogens (tertiary/aromatic N) is 1. The van der Waals surface area contributed by atoms with Gasteiger partial charge in [0.15, 0.2) is 0 Å². The highest BCUT2D eigenvalue weighted by Crippen LogP contribution is 2.27. The van der Waals surface area contributed by atoms with Crippen LogP contribution in [0.2, 0.25) is 10.0 Å². The lowest BCUT2D eigenvalue weighted by Gasteiger charge is -2.31. The largest absolute Gasteiger partial charge is 0.462 e. The Labute approximate surface area is 197 Å². The van der Waals surface area contributed by atoms with Gasteiger partial charge in [-0.15, -0.1) is 0 Å². The van der Waals surface area contributed by atoms with Crippen LogP contribution in [0.3, 0.4) is 0 Å². The Bertz CT molecular complexity index is 1110. The number of para-hydroxylation sites is 1. The molecular formula is C22H24Cl2N2O5S. The average Bonchev–Trinajstić information content (AvgIpc) is 2.76. The van der Waals surface area contributed by atoms with Crippen molar-refractivity contribution in [1.29, 1.82) is 0 Å². The molecule has 1 aliphatic heterocycles. The smallest absolute Gasteiger partial charge is 0.340 e. The molecule has 0 aliphatic carbocycles. The molecule has 0 saturated carbocycles. The number of piperidine rings is 1. The molecule has 172 valence electrons. The number of hydrogen-bond acceptors (Lipinski definition) is 5. The number of carbonyl (C=O) groups is 2. The normalized spacial score (nSPS) is 17.0. The van der Waals surface area contributed by atoms with E-state index in [1.165, 1.54) is 10.4 Å². The molecule has 3 rings (SSSR count). The maximum Gasteiger partial charge on any atom is 0.340 e. The van der Waals surface area contributed by atoms with Crippen LogP contribution in [-0.4, -0.2) is 44.3 Å². The van der Waals surface area contributed by atoms with Crippen molar-refractivity contribution in [2.75, 3.05) is 25.0 Å². The summed E-state index contributed by atoms with van der Waals surface area (Å²) in [5.41, 5.74) is 1.04. The van der Waals surface area contributed by atoms with Crippen molar-refractivity contribution in [2.24, 2.45) is 5.92 Å². The van der Waals surface area contributed by atoms with Crippen LogP contribution in [-0.2, 0) is 25.3 Å². The predicted molar refractivity (Wildman–Crippen MR) is 124 cm³/mol. The van der Waals surface area contributed by atoms with Gasteiger partial charge in [0.2, 0.25) is 15.9 Å². The van der Waals surface area contributed by atoms with Gasteiger partial charge in [0.05, 0.1) is 29.5 Å². The zero-order chi connectivity index (χ0) is 23.3. The Hall–Kier alpha value is -2.13. The molecule has 0 aromatic heterocycles. The lowest BCUT2D eigenvalue weighted by molar-refractivity contribution is -0.120. The Balaban J connectivity index is 1.70. The summed E-state index contributed by atoms with van der Waals surface area (Å²) in [6, 6.07) is 11.2. The highest BCUT2D eigenvalue weighted by atomic mass is 35.5. The molecule has 0 radical (unpaired) electrons. The Morgan fingerprint density at radius 1 is 1.19 bits per heavy atom. The minimum atomic E-state index is -3.69. The van der Waals surface area contributed by atoms with Crippen LogP contribution in [0.5, 0.6) is 0 Å². The van der Waals surface area contributed by atoms with Crippen molar-refractivity contribution in [1.82, 2.24) is 4.31 Å². The minimum Gasteiger partial charge on any atom is -0.462 e. The average molecular weight is 499 g/mol. The summed E-state index contributed by atoms with van der Waals surface area (Å²) >= 11 is 12.0. The first-order valence-electron chi connectivity index (χ1n) is 10.2. The van der Waals surface area contributed by atoms with Crippen LogP contribution in [0.15, 0.2) is 42.5 Å². The molecule has 1 unspecified atom stereocenters. The number of ether oxygens (including phenoxy) is 1. The maximum absolute atomic E-state index is 13.0. The van der Waals surface area contributed by atoms with Gasteiger partial charge in [-0.2, -0.15) is 0 Å². The number of benzene rings is 2. The van der Waals surface area contributed by atoms with Gasteiger partial charge in [-0.25, -0.2) is 17.5 Å². The number of rotatable bonds is 7. The van der Waals surface area contributed by atoms with Crippen molar-refractivity contribution in [3.8, 4) is 0 Å². The monoisotopic (exact) mass is 498 g/mol. The van der Waals surface area contributed by atoms with Gasteiger partial charge in [0.25, 0.3) is 0 Å². The van der Waals surface area contributed by atoms with E-state index in [-0.39, 0.29) is 35.4 Å². The second-order valence-electron chi connectivity index (χ2n) is 7.44. The number of amides is 1. The second-order valence-corrected chi connectivity index (χ2v) is 10.3. The van der Waals surface area contributed by atoms with Crippen LogP contribution in [0.4, 0.5) is 5.69 Å².